The van der Waals surface area contributed by atoms with Gasteiger partial charge in [-0.05, 0) is 54.5 Å². The van der Waals surface area contributed by atoms with Crippen molar-refractivity contribution in [2.75, 3.05) is 32.6 Å². The van der Waals surface area contributed by atoms with E-state index in [1.54, 1.807) is 11.9 Å². The zero-order valence-corrected chi connectivity index (χ0v) is 17.8. The Morgan fingerprint density at radius 1 is 1.18 bits per heavy atom. The number of likely N-dealkylation sites (N-methyl/N-ethyl adjacent to an activating group) is 1. The Kier molecular flexibility index (Phi) is 6.39. The fraction of sp³-hybridized carbons (Fsp3) is 0.455. The maximum Gasteiger partial charge on any atom is 0.348 e. The van der Waals surface area contributed by atoms with Crippen molar-refractivity contribution in [1.82, 2.24) is 4.90 Å². The molecule has 1 amide bonds. The van der Waals surface area contributed by atoms with E-state index >= 15 is 0 Å². The standard InChI is InChI=1S/C22H28N2O3S/c1-15-5-10-19-17(11-15)12-20(28-19)22(26)27-14-21(25)24(4)13-16-6-8-18(9-7-16)23(2)3/h6-9,12,15H,5,10-11,13-14H2,1-4H3/t15-/m0/s1. The predicted molar refractivity (Wildman–Crippen MR) is 113 cm³/mol. The van der Waals surface area contributed by atoms with Gasteiger partial charge in [0.15, 0.2) is 6.61 Å². The van der Waals surface area contributed by atoms with E-state index in [2.05, 4.69) is 6.92 Å². The molecule has 2 aromatic rings. The van der Waals surface area contributed by atoms with Gasteiger partial charge in [0, 0.05) is 38.3 Å². The predicted octanol–water partition coefficient (Wildman–Crippen LogP) is 3.75. The van der Waals surface area contributed by atoms with Crippen molar-refractivity contribution in [2.45, 2.75) is 32.7 Å². The largest absolute Gasteiger partial charge is 0.451 e. The molecule has 0 N–H and O–H groups in total. The highest BCUT2D eigenvalue weighted by Crippen LogP contribution is 2.32. The number of benzene rings is 1. The summed E-state index contributed by atoms with van der Waals surface area (Å²) in [6.45, 7) is 2.49. The van der Waals surface area contributed by atoms with Crippen molar-refractivity contribution >= 4 is 28.9 Å². The Labute approximate surface area is 170 Å². The molecule has 6 heteroatoms. The van der Waals surface area contributed by atoms with Gasteiger partial charge in [0.2, 0.25) is 0 Å². The molecule has 0 saturated heterocycles. The van der Waals surface area contributed by atoms with Gasteiger partial charge in [-0.3, -0.25) is 4.79 Å². The highest BCUT2D eigenvalue weighted by molar-refractivity contribution is 7.14. The minimum absolute atomic E-state index is 0.208. The maximum absolute atomic E-state index is 12.3. The van der Waals surface area contributed by atoms with Crippen LogP contribution < -0.4 is 4.90 Å². The van der Waals surface area contributed by atoms with Crippen LogP contribution in [0.4, 0.5) is 5.69 Å². The molecule has 0 spiro atoms. The van der Waals surface area contributed by atoms with Crippen molar-refractivity contribution in [3.05, 3.63) is 51.2 Å². The number of hydrogen-bond donors (Lipinski definition) is 0. The molecule has 1 aliphatic carbocycles. The number of carbonyl (C=O) groups excluding carboxylic acids is 2. The van der Waals surface area contributed by atoms with Gasteiger partial charge < -0.3 is 14.5 Å². The SMILES string of the molecule is C[C@H]1CCc2sc(C(=O)OCC(=O)N(C)Cc3ccc(N(C)C)cc3)cc2C1. The highest BCUT2D eigenvalue weighted by Gasteiger charge is 2.22. The normalized spacial score (nSPS) is 15.6. The minimum atomic E-state index is -0.399. The van der Waals surface area contributed by atoms with E-state index in [1.807, 2.05) is 49.3 Å². The van der Waals surface area contributed by atoms with Crippen LogP contribution in [0.2, 0.25) is 0 Å². The average molecular weight is 401 g/mol. The van der Waals surface area contributed by atoms with Crippen LogP contribution in [0.25, 0.3) is 0 Å². The summed E-state index contributed by atoms with van der Waals surface area (Å²) < 4.78 is 5.28. The first kappa shape index (κ1) is 20.4. The van der Waals surface area contributed by atoms with Crippen LogP contribution in [0.1, 0.15) is 39.0 Å². The van der Waals surface area contributed by atoms with Gasteiger partial charge in [0.1, 0.15) is 4.88 Å². The smallest absolute Gasteiger partial charge is 0.348 e. The van der Waals surface area contributed by atoms with Crippen molar-refractivity contribution in [3.8, 4) is 0 Å². The fourth-order valence-electron chi connectivity index (χ4n) is 3.38. The van der Waals surface area contributed by atoms with Crippen LogP contribution in [0.5, 0.6) is 0 Å². The number of nitrogens with zero attached hydrogens (tertiary/aromatic N) is 2. The summed E-state index contributed by atoms with van der Waals surface area (Å²) in [6.07, 6.45) is 3.22. The molecular weight excluding hydrogens is 372 g/mol. The van der Waals surface area contributed by atoms with E-state index in [9.17, 15) is 9.59 Å². The first-order chi connectivity index (χ1) is 13.3. The van der Waals surface area contributed by atoms with E-state index in [-0.39, 0.29) is 12.5 Å². The summed E-state index contributed by atoms with van der Waals surface area (Å²) in [5.74, 6) is 0.0529. The van der Waals surface area contributed by atoms with E-state index in [0.29, 0.717) is 17.3 Å². The molecule has 1 aliphatic rings. The first-order valence-electron chi connectivity index (χ1n) is 9.62. The van der Waals surface area contributed by atoms with Crippen LogP contribution in [-0.4, -0.2) is 44.5 Å². The number of esters is 1. The lowest BCUT2D eigenvalue weighted by atomic mass is 9.90. The second-order valence-electron chi connectivity index (χ2n) is 7.79. The lowest BCUT2D eigenvalue weighted by molar-refractivity contribution is -0.133. The number of rotatable bonds is 6. The topological polar surface area (TPSA) is 49.9 Å². The Bertz CT molecular complexity index is 842. The second kappa shape index (κ2) is 8.78. The van der Waals surface area contributed by atoms with Crippen LogP contribution in [0.3, 0.4) is 0 Å². The van der Waals surface area contributed by atoms with Gasteiger partial charge in [0.25, 0.3) is 5.91 Å². The van der Waals surface area contributed by atoms with Gasteiger partial charge in [-0.1, -0.05) is 19.1 Å². The molecule has 1 heterocycles. The molecule has 0 unspecified atom stereocenters. The van der Waals surface area contributed by atoms with Crippen LogP contribution in [-0.2, 0) is 28.9 Å². The Morgan fingerprint density at radius 2 is 1.89 bits per heavy atom. The number of hydrogen-bond acceptors (Lipinski definition) is 5. The van der Waals surface area contributed by atoms with E-state index in [1.165, 1.54) is 28.2 Å². The Balaban J connectivity index is 1.51. The molecule has 0 radical (unpaired) electrons. The van der Waals surface area contributed by atoms with Crippen LogP contribution in [0, 0.1) is 5.92 Å². The minimum Gasteiger partial charge on any atom is -0.451 e. The highest BCUT2D eigenvalue weighted by atomic mass is 32.1. The summed E-state index contributed by atoms with van der Waals surface area (Å²) in [7, 11) is 5.70. The number of anilines is 1. The molecule has 3 rings (SSSR count). The monoisotopic (exact) mass is 400 g/mol. The summed E-state index contributed by atoms with van der Waals surface area (Å²) in [5.41, 5.74) is 3.41. The molecule has 0 bridgehead atoms. The van der Waals surface area contributed by atoms with Crippen molar-refractivity contribution in [1.29, 1.82) is 0 Å². The molecule has 1 atom stereocenters. The molecule has 28 heavy (non-hydrogen) atoms. The van der Waals surface area contributed by atoms with Gasteiger partial charge in [-0.2, -0.15) is 0 Å². The third kappa shape index (κ3) is 4.93. The number of carbonyl (C=O) groups is 2. The third-order valence-corrected chi connectivity index (χ3v) is 6.37. The van der Waals surface area contributed by atoms with Crippen molar-refractivity contribution in [3.63, 3.8) is 0 Å². The van der Waals surface area contributed by atoms with Gasteiger partial charge in [-0.15, -0.1) is 11.3 Å². The quantitative estimate of drug-likeness (QED) is 0.693. The summed E-state index contributed by atoms with van der Waals surface area (Å²) in [6, 6.07) is 9.99. The van der Waals surface area contributed by atoms with Crippen molar-refractivity contribution in [2.24, 2.45) is 5.92 Å². The lowest BCUT2D eigenvalue weighted by Crippen LogP contribution is -2.30. The molecular formula is C22H28N2O3S. The van der Waals surface area contributed by atoms with E-state index in [4.69, 9.17) is 4.74 Å². The lowest BCUT2D eigenvalue weighted by Gasteiger charge is -2.18. The molecule has 5 nitrogen and oxygen atoms in total. The second-order valence-corrected chi connectivity index (χ2v) is 8.93. The number of thiophene rings is 1. The molecule has 150 valence electrons. The molecule has 1 aromatic carbocycles. The van der Waals surface area contributed by atoms with Gasteiger partial charge >= 0.3 is 5.97 Å². The molecule has 1 aromatic heterocycles. The summed E-state index contributed by atoms with van der Waals surface area (Å²) in [5, 5.41) is 0. The van der Waals surface area contributed by atoms with E-state index < -0.39 is 5.97 Å². The molecule has 0 aliphatic heterocycles. The number of ether oxygens (including phenoxy) is 1. The zero-order chi connectivity index (χ0) is 20.3. The first-order valence-corrected chi connectivity index (χ1v) is 10.4. The fourth-order valence-corrected chi connectivity index (χ4v) is 4.48. The Morgan fingerprint density at radius 3 is 2.57 bits per heavy atom. The molecule has 0 saturated carbocycles. The Hall–Kier alpha value is -2.34. The number of fused-ring (bicyclic) bond motifs is 1. The third-order valence-electron chi connectivity index (χ3n) is 5.16. The molecule has 0 fully saturated rings. The van der Waals surface area contributed by atoms with Gasteiger partial charge in [-0.25, -0.2) is 4.79 Å². The average Bonchev–Trinajstić information content (AvgIpc) is 3.09. The van der Waals surface area contributed by atoms with E-state index in [0.717, 1.165) is 24.1 Å². The van der Waals surface area contributed by atoms with Crippen LogP contribution >= 0.6 is 11.3 Å². The summed E-state index contributed by atoms with van der Waals surface area (Å²) in [4.78, 5) is 30.2. The van der Waals surface area contributed by atoms with Gasteiger partial charge in [0.05, 0.1) is 0 Å². The summed E-state index contributed by atoms with van der Waals surface area (Å²) >= 11 is 1.51. The van der Waals surface area contributed by atoms with Crippen LogP contribution in [0.15, 0.2) is 30.3 Å². The number of amides is 1. The maximum atomic E-state index is 12.3. The number of aryl methyl sites for hydroxylation is 1. The zero-order valence-electron chi connectivity index (χ0n) is 17.0. The van der Waals surface area contributed by atoms with Crippen molar-refractivity contribution < 1.29 is 14.3 Å².